The molecule has 0 radical (unpaired) electrons. The van der Waals surface area contributed by atoms with Gasteiger partial charge in [0.25, 0.3) is 5.56 Å². The number of hydrogen-bond donors (Lipinski definition) is 2. The molecule has 0 amide bonds. The number of nitrogens with one attached hydrogen (secondary N) is 2. The lowest BCUT2D eigenvalue weighted by molar-refractivity contribution is -0.118. The third-order valence-corrected chi connectivity index (χ3v) is 7.51. The molecule has 1 aromatic heterocycles. The third kappa shape index (κ3) is 4.54. The number of carbonyl (C=O) groups excluding carboxylic acids is 1. The largest absolute Gasteiger partial charge is 0.343 e. The van der Waals surface area contributed by atoms with Crippen LogP contribution >= 0.6 is 11.8 Å². The van der Waals surface area contributed by atoms with Crippen molar-refractivity contribution in [1.82, 2.24) is 9.97 Å². The Bertz CT molecular complexity index is 1440. The quantitative estimate of drug-likeness (QED) is 0.379. The van der Waals surface area contributed by atoms with Gasteiger partial charge in [-0.1, -0.05) is 67.6 Å². The number of Topliss-reactive ketones (excluding diaryl/α,β-unsaturated/α-hetero) is 1. The van der Waals surface area contributed by atoms with Crippen molar-refractivity contribution in [2.45, 2.75) is 50.4 Å². The maximum Gasteiger partial charge on any atom is 0.257 e. The SMILES string of the molecule is Cc1ccc(CSc2nc3c(c(=O)[nH]2)[C@H](c2ccc(C#N)cc2)C2=C(CC(C)(C)CC2=O)N3)cc1. The number of aryl methyl sites for hydroxylation is 1. The molecular formula is C28H26N4O2S. The fourth-order valence-electron chi connectivity index (χ4n) is 4.88. The van der Waals surface area contributed by atoms with Crippen LogP contribution in [0.1, 0.15) is 60.4 Å². The maximum absolute atomic E-state index is 13.4. The smallest absolute Gasteiger partial charge is 0.257 e. The van der Waals surface area contributed by atoms with Gasteiger partial charge in [-0.2, -0.15) is 5.26 Å². The van der Waals surface area contributed by atoms with E-state index < -0.39 is 5.92 Å². The Hall–Kier alpha value is -3.63. The van der Waals surface area contributed by atoms with E-state index in [1.165, 1.54) is 17.3 Å². The predicted octanol–water partition coefficient (Wildman–Crippen LogP) is 5.44. The first-order chi connectivity index (χ1) is 16.7. The standard InChI is InChI=1S/C28H26N4O2S/c1-16-4-6-18(7-5-16)15-35-27-31-25-24(26(34)32-27)22(19-10-8-17(14-29)9-11-19)23-20(30-25)12-28(2,3)13-21(23)33/h4-11,22H,12-13,15H2,1-3H3,(H2,30,31,32,34)/t22-/m1/s1. The number of hydrogen-bond acceptors (Lipinski definition) is 6. The summed E-state index contributed by atoms with van der Waals surface area (Å²) in [6.07, 6.45) is 1.12. The lowest BCUT2D eigenvalue weighted by atomic mass is 9.69. The third-order valence-electron chi connectivity index (χ3n) is 6.57. The molecule has 0 saturated carbocycles. The van der Waals surface area contributed by atoms with Crippen LogP contribution in [-0.4, -0.2) is 15.8 Å². The Morgan fingerprint density at radius 1 is 1.09 bits per heavy atom. The topological polar surface area (TPSA) is 98.6 Å². The molecule has 7 heteroatoms. The molecule has 35 heavy (non-hydrogen) atoms. The molecule has 2 aliphatic rings. The number of fused-ring (bicyclic) bond motifs is 1. The molecule has 176 valence electrons. The second-order valence-corrected chi connectivity index (χ2v) is 11.0. The number of rotatable bonds is 4. The van der Waals surface area contributed by atoms with Gasteiger partial charge in [-0.25, -0.2) is 4.98 Å². The summed E-state index contributed by atoms with van der Waals surface area (Å²) in [5.74, 6) is 0.699. The molecule has 0 fully saturated rings. The van der Waals surface area contributed by atoms with E-state index in [0.29, 0.717) is 46.3 Å². The van der Waals surface area contributed by atoms with Crippen LogP contribution in [0.4, 0.5) is 5.82 Å². The Morgan fingerprint density at radius 3 is 2.49 bits per heavy atom. The Kier molecular flexibility index (Phi) is 5.86. The first-order valence-electron chi connectivity index (χ1n) is 11.6. The van der Waals surface area contributed by atoms with Gasteiger partial charge in [0.1, 0.15) is 5.82 Å². The van der Waals surface area contributed by atoms with E-state index in [4.69, 9.17) is 4.98 Å². The molecule has 2 heterocycles. The number of aromatic nitrogens is 2. The average Bonchev–Trinajstić information content (AvgIpc) is 2.81. The summed E-state index contributed by atoms with van der Waals surface area (Å²) in [5.41, 5.74) is 5.16. The number of benzene rings is 2. The van der Waals surface area contributed by atoms with E-state index in [2.05, 4.69) is 61.4 Å². The highest BCUT2D eigenvalue weighted by Gasteiger charge is 2.42. The normalized spacial score (nSPS) is 18.3. The Balaban J connectivity index is 1.57. The number of thioether (sulfide) groups is 1. The van der Waals surface area contributed by atoms with Crippen molar-refractivity contribution < 1.29 is 4.79 Å². The number of nitriles is 1. The molecule has 3 aromatic rings. The second-order valence-electron chi connectivity index (χ2n) is 10.0. The highest BCUT2D eigenvalue weighted by atomic mass is 32.2. The summed E-state index contributed by atoms with van der Waals surface area (Å²) in [6, 6.07) is 17.5. The predicted molar refractivity (Wildman–Crippen MR) is 137 cm³/mol. The van der Waals surface area contributed by atoms with Gasteiger partial charge < -0.3 is 10.3 Å². The number of allylic oxidation sites excluding steroid dienone is 2. The zero-order valence-corrected chi connectivity index (χ0v) is 20.8. The van der Waals surface area contributed by atoms with Crippen LogP contribution in [0.5, 0.6) is 0 Å². The van der Waals surface area contributed by atoms with Crippen LogP contribution in [0.15, 0.2) is 69.8 Å². The van der Waals surface area contributed by atoms with Crippen molar-refractivity contribution in [2.24, 2.45) is 5.41 Å². The monoisotopic (exact) mass is 482 g/mol. The average molecular weight is 483 g/mol. The van der Waals surface area contributed by atoms with E-state index in [0.717, 1.165) is 16.8 Å². The molecule has 2 N–H and O–H groups in total. The number of nitrogens with zero attached hydrogens (tertiary/aromatic N) is 2. The van der Waals surface area contributed by atoms with Gasteiger partial charge in [0, 0.05) is 29.4 Å². The van der Waals surface area contributed by atoms with Crippen molar-refractivity contribution in [3.8, 4) is 6.07 Å². The number of H-pyrrole nitrogens is 1. The van der Waals surface area contributed by atoms with Gasteiger partial charge >= 0.3 is 0 Å². The fraction of sp³-hybridized carbons (Fsp3) is 0.286. The number of ketones is 1. The van der Waals surface area contributed by atoms with Crippen molar-refractivity contribution in [3.05, 3.63) is 98.0 Å². The van der Waals surface area contributed by atoms with Crippen LogP contribution in [-0.2, 0) is 10.5 Å². The first-order valence-corrected chi connectivity index (χ1v) is 12.6. The summed E-state index contributed by atoms with van der Waals surface area (Å²) in [7, 11) is 0. The van der Waals surface area contributed by atoms with E-state index in [1.807, 2.05) is 12.1 Å². The summed E-state index contributed by atoms with van der Waals surface area (Å²) in [5, 5.41) is 13.1. The molecular weight excluding hydrogens is 456 g/mol. The van der Waals surface area contributed by atoms with Crippen molar-refractivity contribution in [1.29, 1.82) is 5.26 Å². The van der Waals surface area contributed by atoms with E-state index >= 15 is 0 Å². The highest BCUT2D eigenvalue weighted by molar-refractivity contribution is 7.98. The van der Waals surface area contributed by atoms with Crippen LogP contribution < -0.4 is 10.9 Å². The summed E-state index contributed by atoms with van der Waals surface area (Å²) in [6.45, 7) is 6.21. The van der Waals surface area contributed by atoms with Gasteiger partial charge in [0.2, 0.25) is 0 Å². The zero-order chi connectivity index (χ0) is 24.7. The molecule has 0 saturated heterocycles. The summed E-state index contributed by atoms with van der Waals surface area (Å²) in [4.78, 5) is 34.5. The maximum atomic E-state index is 13.4. The molecule has 1 aliphatic heterocycles. The number of anilines is 1. The first kappa shape index (κ1) is 23.1. The minimum Gasteiger partial charge on any atom is -0.343 e. The van der Waals surface area contributed by atoms with E-state index in [-0.39, 0.29) is 16.8 Å². The zero-order valence-electron chi connectivity index (χ0n) is 19.9. The van der Waals surface area contributed by atoms with Gasteiger partial charge in [0.05, 0.1) is 17.2 Å². The molecule has 2 aromatic carbocycles. The second kappa shape index (κ2) is 8.86. The lowest BCUT2D eigenvalue weighted by Gasteiger charge is -2.38. The molecule has 1 aliphatic carbocycles. The van der Waals surface area contributed by atoms with Crippen LogP contribution in [0.2, 0.25) is 0 Å². The van der Waals surface area contributed by atoms with E-state index in [9.17, 15) is 14.9 Å². The van der Waals surface area contributed by atoms with Gasteiger partial charge in [-0.05, 0) is 42.0 Å². The summed E-state index contributed by atoms with van der Waals surface area (Å²) >= 11 is 1.47. The Labute approximate surface area is 208 Å². The molecule has 1 atom stereocenters. The molecule has 0 bridgehead atoms. The molecule has 0 spiro atoms. The van der Waals surface area contributed by atoms with Crippen molar-refractivity contribution in [2.75, 3.05) is 5.32 Å². The summed E-state index contributed by atoms with van der Waals surface area (Å²) < 4.78 is 0. The van der Waals surface area contributed by atoms with Crippen LogP contribution in [0.3, 0.4) is 0 Å². The van der Waals surface area contributed by atoms with Crippen molar-refractivity contribution in [3.63, 3.8) is 0 Å². The van der Waals surface area contributed by atoms with Gasteiger partial charge in [-0.3, -0.25) is 9.59 Å². The highest BCUT2D eigenvalue weighted by Crippen LogP contribution is 2.47. The molecule has 6 nitrogen and oxygen atoms in total. The molecule has 5 rings (SSSR count). The van der Waals surface area contributed by atoms with Gasteiger partial charge in [-0.15, -0.1) is 0 Å². The van der Waals surface area contributed by atoms with Gasteiger partial charge in [0.15, 0.2) is 10.9 Å². The molecule has 0 unspecified atom stereocenters. The minimum absolute atomic E-state index is 0.0426. The van der Waals surface area contributed by atoms with Crippen molar-refractivity contribution >= 4 is 23.4 Å². The van der Waals surface area contributed by atoms with Crippen LogP contribution in [0.25, 0.3) is 0 Å². The fourth-order valence-corrected chi connectivity index (χ4v) is 5.70. The lowest BCUT2D eigenvalue weighted by Crippen LogP contribution is -2.37. The van der Waals surface area contributed by atoms with Crippen LogP contribution in [0, 0.1) is 23.7 Å². The van der Waals surface area contributed by atoms with E-state index in [1.54, 1.807) is 12.1 Å². The Morgan fingerprint density at radius 2 is 1.80 bits per heavy atom. The number of carbonyl (C=O) groups is 1. The minimum atomic E-state index is -0.523. The number of aromatic amines is 1.